The number of hydrogen-bond acceptors (Lipinski definition) is 0. The molecule has 0 aromatic carbocycles. The molecule has 0 aromatic rings. The molecule has 1 heteroatoms. The van der Waals surface area contributed by atoms with Gasteiger partial charge >= 0.3 is 0 Å². The Morgan fingerprint density at radius 2 is 1.15 bits per heavy atom. The van der Waals surface area contributed by atoms with Gasteiger partial charge in [-0.1, -0.05) is 31.2 Å². The molecule has 1 aliphatic carbocycles. The van der Waals surface area contributed by atoms with E-state index in [1.165, 1.54) is 11.1 Å². The minimum atomic E-state index is -0.289. The van der Waals surface area contributed by atoms with Crippen molar-refractivity contribution in [3.8, 4) is 0 Å². The van der Waals surface area contributed by atoms with Crippen molar-refractivity contribution in [3.05, 3.63) is 22.3 Å². The molecule has 0 N–H and O–H groups in total. The van der Waals surface area contributed by atoms with E-state index in [9.17, 15) is 0 Å². The van der Waals surface area contributed by atoms with Gasteiger partial charge in [-0.15, -0.1) is 0 Å². The van der Waals surface area contributed by atoms with E-state index in [1.54, 1.807) is 11.1 Å². The number of rotatable bonds is 1. The first-order chi connectivity index (χ1) is 5.83. The van der Waals surface area contributed by atoms with Gasteiger partial charge in [0.2, 0.25) is 0 Å². The summed E-state index contributed by atoms with van der Waals surface area (Å²) in [4.78, 5) is 0. The minimum Gasteiger partial charge on any atom is -0.0702 e. The van der Waals surface area contributed by atoms with Crippen LogP contribution in [0.3, 0.4) is 0 Å². The molecule has 0 spiro atoms. The lowest BCUT2D eigenvalue weighted by molar-refractivity contribution is 0.816. The monoisotopic (exact) mass is 193 g/mol. The third-order valence-corrected chi connectivity index (χ3v) is 6.94. The zero-order valence-corrected chi connectivity index (χ0v) is 11.0. The normalized spacial score (nSPS) is 22.2. The summed E-state index contributed by atoms with van der Waals surface area (Å²) in [5.41, 5.74) is 6.29. The Hall–Kier alpha value is -0.303. The highest BCUT2D eigenvalue weighted by Crippen LogP contribution is 2.53. The van der Waals surface area contributed by atoms with Crippen LogP contribution in [-0.4, -0.2) is 8.80 Å². The van der Waals surface area contributed by atoms with E-state index in [4.69, 9.17) is 0 Å². The maximum absolute atomic E-state index is 2.42. The highest BCUT2D eigenvalue weighted by molar-refractivity contribution is 6.61. The van der Waals surface area contributed by atoms with Crippen LogP contribution >= 0.6 is 0 Å². The summed E-state index contributed by atoms with van der Waals surface area (Å²) in [5, 5.41) is 0.416. The molecule has 0 fully saturated rings. The molecule has 0 amide bonds. The zero-order chi connectivity index (χ0) is 10.4. The second-order valence-corrected chi connectivity index (χ2v) is 7.62. The van der Waals surface area contributed by atoms with Crippen LogP contribution in [-0.2, 0) is 0 Å². The van der Waals surface area contributed by atoms with Crippen molar-refractivity contribution in [2.75, 3.05) is 0 Å². The summed E-state index contributed by atoms with van der Waals surface area (Å²) in [6.45, 7) is 16.4. The van der Waals surface area contributed by atoms with Crippen molar-refractivity contribution in [2.24, 2.45) is 0 Å². The molecule has 0 bridgehead atoms. The van der Waals surface area contributed by atoms with Crippen LogP contribution in [0.1, 0.15) is 34.6 Å². The first-order valence-corrected chi connectivity index (χ1v) is 7.50. The lowest BCUT2D eigenvalue weighted by Gasteiger charge is -2.32. The standard InChI is InChI=1S/C12H21Si/c1-8-9(2)11(4)12(5,10(8)3)13(6)7/h1-7H3. The SMILES string of the molecule is CC1=C(C)C(C)([Si](C)C)C(C)=C1C. The molecule has 0 saturated carbocycles. The molecule has 0 aromatic heterocycles. The summed E-state index contributed by atoms with van der Waals surface area (Å²) in [5.74, 6) is 0. The van der Waals surface area contributed by atoms with Crippen LogP contribution in [0.25, 0.3) is 0 Å². The van der Waals surface area contributed by atoms with Crippen LogP contribution in [0.15, 0.2) is 22.3 Å². The summed E-state index contributed by atoms with van der Waals surface area (Å²) in [6, 6.07) is 0. The second kappa shape index (κ2) is 3.12. The van der Waals surface area contributed by atoms with Crippen LogP contribution in [0, 0.1) is 0 Å². The Morgan fingerprint density at radius 3 is 1.31 bits per heavy atom. The van der Waals surface area contributed by atoms with Gasteiger partial charge in [0.05, 0.1) is 8.80 Å². The Bertz CT molecular complexity index is 268. The Labute approximate surface area is 84.3 Å². The van der Waals surface area contributed by atoms with E-state index in [2.05, 4.69) is 47.7 Å². The fourth-order valence-electron chi connectivity index (χ4n) is 2.34. The van der Waals surface area contributed by atoms with Crippen LogP contribution in [0.4, 0.5) is 0 Å². The molecule has 1 aliphatic rings. The molecule has 0 nitrogen and oxygen atoms in total. The van der Waals surface area contributed by atoms with Crippen molar-refractivity contribution in [1.29, 1.82) is 0 Å². The highest BCUT2D eigenvalue weighted by Gasteiger charge is 2.39. The highest BCUT2D eigenvalue weighted by atomic mass is 28.3. The lowest BCUT2D eigenvalue weighted by Crippen LogP contribution is -2.25. The zero-order valence-electron chi connectivity index (χ0n) is 10.0. The van der Waals surface area contributed by atoms with E-state index in [1.807, 2.05) is 0 Å². The van der Waals surface area contributed by atoms with E-state index >= 15 is 0 Å². The topological polar surface area (TPSA) is 0 Å². The molecule has 0 saturated heterocycles. The van der Waals surface area contributed by atoms with Crippen molar-refractivity contribution in [3.63, 3.8) is 0 Å². The molecule has 0 atom stereocenters. The van der Waals surface area contributed by atoms with Gasteiger partial charge in [-0.25, -0.2) is 0 Å². The molecule has 0 aliphatic heterocycles. The fourth-order valence-corrected chi connectivity index (χ4v) is 4.22. The van der Waals surface area contributed by atoms with Gasteiger partial charge in [0, 0.05) is 5.04 Å². The van der Waals surface area contributed by atoms with Gasteiger partial charge in [-0.2, -0.15) is 0 Å². The Morgan fingerprint density at radius 1 is 0.846 bits per heavy atom. The molecular weight excluding hydrogens is 172 g/mol. The van der Waals surface area contributed by atoms with Crippen LogP contribution in [0.2, 0.25) is 18.1 Å². The molecule has 73 valence electrons. The van der Waals surface area contributed by atoms with Gasteiger partial charge in [-0.3, -0.25) is 0 Å². The Kier molecular flexibility index (Phi) is 2.59. The average molecular weight is 193 g/mol. The van der Waals surface area contributed by atoms with E-state index in [-0.39, 0.29) is 8.80 Å². The van der Waals surface area contributed by atoms with Gasteiger partial charge < -0.3 is 0 Å². The molecule has 0 heterocycles. The molecule has 13 heavy (non-hydrogen) atoms. The largest absolute Gasteiger partial charge is 0.0702 e. The predicted molar refractivity (Wildman–Crippen MR) is 62.6 cm³/mol. The maximum atomic E-state index is 2.42. The third-order valence-electron chi connectivity index (χ3n) is 4.19. The summed E-state index contributed by atoms with van der Waals surface area (Å²) in [7, 11) is -0.289. The van der Waals surface area contributed by atoms with Crippen molar-refractivity contribution >= 4 is 8.80 Å². The number of hydrogen-bond donors (Lipinski definition) is 0. The van der Waals surface area contributed by atoms with E-state index in [0.29, 0.717) is 5.04 Å². The first kappa shape index (κ1) is 10.8. The lowest BCUT2D eigenvalue weighted by atomic mass is 9.98. The third kappa shape index (κ3) is 1.25. The molecule has 1 radical (unpaired) electrons. The molecule has 0 unspecified atom stereocenters. The van der Waals surface area contributed by atoms with Gasteiger partial charge in [0.15, 0.2) is 0 Å². The second-order valence-electron chi connectivity index (χ2n) is 4.62. The van der Waals surface area contributed by atoms with Crippen LogP contribution < -0.4 is 0 Å². The maximum Gasteiger partial charge on any atom is 0.0585 e. The fraction of sp³-hybridized carbons (Fsp3) is 0.667. The minimum absolute atomic E-state index is 0.289. The van der Waals surface area contributed by atoms with E-state index in [0.717, 1.165) is 0 Å². The molecule has 1 rings (SSSR count). The van der Waals surface area contributed by atoms with Gasteiger partial charge in [-0.05, 0) is 38.8 Å². The summed E-state index contributed by atoms with van der Waals surface area (Å²) >= 11 is 0. The first-order valence-electron chi connectivity index (χ1n) is 5.00. The smallest absolute Gasteiger partial charge is 0.0585 e. The quantitative estimate of drug-likeness (QED) is 0.548. The molecular formula is C12H21Si. The predicted octanol–water partition coefficient (Wildman–Crippen LogP) is 4.19. The van der Waals surface area contributed by atoms with Crippen LogP contribution in [0.5, 0.6) is 0 Å². The van der Waals surface area contributed by atoms with Crippen molar-refractivity contribution in [1.82, 2.24) is 0 Å². The van der Waals surface area contributed by atoms with Gasteiger partial charge in [0.25, 0.3) is 0 Å². The van der Waals surface area contributed by atoms with E-state index < -0.39 is 0 Å². The average Bonchev–Trinajstić information content (AvgIpc) is 2.22. The summed E-state index contributed by atoms with van der Waals surface area (Å²) < 4.78 is 0. The summed E-state index contributed by atoms with van der Waals surface area (Å²) in [6.07, 6.45) is 0. The Balaban J connectivity index is 3.31. The van der Waals surface area contributed by atoms with Gasteiger partial charge in [0.1, 0.15) is 0 Å². The number of allylic oxidation sites excluding steroid dienone is 4. The van der Waals surface area contributed by atoms with Crippen molar-refractivity contribution in [2.45, 2.75) is 52.8 Å². The van der Waals surface area contributed by atoms with Crippen molar-refractivity contribution < 1.29 is 0 Å².